The number of piperidine rings is 1. The first kappa shape index (κ1) is 16.7. The molecule has 2 heterocycles. The smallest absolute Gasteiger partial charge is 0.151 e. The summed E-state index contributed by atoms with van der Waals surface area (Å²) in [4.78, 5) is 2.32. The molecule has 0 N–H and O–H groups in total. The molecule has 1 saturated heterocycles. The fourth-order valence-corrected chi connectivity index (χ4v) is 3.35. The second-order valence-corrected chi connectivity index (χ2v) is 6.35. The summed E-state index contributed by atoms with van der Waals surface area (Å²) in [6.45, 7) is 3.85. The highest BCUT2D eigenvalue weighted by atomic mass is 16.5. The van der Waals surface area contributed by atoms with Gasteiger partial charge in [-0.3, -0.25) is 0 Å². The van der Waals surface area contributed by atoms with Gasteiger partial charge in [-0.05, 0) is 49.6 Å². The number of rotatable bonds is 5. The van der Waals surface area contributed by atoms with E-state index in [0.29, 0.717) is 5.92 Å². The van der Waals surface area contributed by atoms with Crippen LogP contribution in [-0.4, -0.2) is 43.6 Å². The Labute approximate surface area is 143 Å². The van der Waals surface area contributed by atoms with Crippen LogP contribution in [0.15, 0.2) is 36.4 Å². The Bertz CT molecular complexity index is 643. The van der Waals surface area contributed by atoms with Crippen molar-refractivity contribution in [3.05, 3.63) is 47.7 Å². The van der Waals surface area contributed by atoms with Gasteiger partial charge >= 0.3 is 0 Å². The molecule has 0 radical (unpaired) electrons. The van der Waals surface area contributed by atoms with Gasteiger partial charge in [-0.25, -0.2) is 0 Å². The third kappa shape index (κ3) is 3.85. The zero-order valence-corrected chi connectivity index (χ0v) is 14.6. The molecule has 1 fully saturated rings. The molecule has 0 aliphatic carbocycles. The summed E-state index contributed by atoms with van der Waals surface area (Å²) in [5.74, 6) is 2.28. The van der Waals surface area contributed by atoms with Crippen molar-refractivity contribution in [1.29, 1.82) is 0 Å². The fraction of sp³-hybridized carbons (Fsp3) is 0.474. The van der Waals surface area contributed by atoms with Crippen LogP contribution in [0.25, 0.3) is 0 Å². The number of ether oxygens (including phenoxy) is 2. The Hall–Kier alpha value is -2.14. The number of nitrogens with zero attached hydrogens (tertiary/aromatic N) is 3. The van der Waals surface area contributed by atoms with Gasteiger partial charge < -0.3 is 14.4 Å². The highest BCUT2D eigenvalue weighted by molar-refractivity contribution is 5.38. The van der Waals surface area contributed by atoms with Gasteiger partial charge in [-0.2, -0.15) is 5.10 Å². The van der Waals surface area contributed by atoms with Crippen LogP contribution in [0.4, 0.5) is 5.82 Å². The first-order valence-corrected chi connectivity index (χ1v) is 8.40. The number of aryl methyl sites for hydroxylation is 1. The summed E-state index contributed by atoms with van der Waals surface area (Å²) in [6.07, 6.45) is 2.27. The molecule has 24 heavy (non-hydrogen) atoms. The number of anilines is 1. The molecule has 5 nitrogen and oxygen atoms in total. The number of benzene rings is 1. The van der Waals surface area contributed by atoms with Crippen molar-refractivity contribution in [2.24, 2.45) is 5.92 Å². The zero-order valence-electron chi connectivity index (χ0n) is 14.6. The normalized spacial score (nSPS) is 20.9. The molecule has 0 bridgehead atoms. The minimum absolute atomic E-state index is 0.279. The maximum absolute atomic E-state index is 5.74. The first-order valence-electron chi connectivity index (χ1n) is 8.40. The van der Waals surface area contributed by atoms with Gasteiger partial charge in [-0.1, -0.05) is 12.1 Å². The topological polar surface area (TPSA) is 47.5 Å². The van der Waals surface area contributed by atoms with E-state index in [1.807, 2.05) is 32.2 Å². The van der Waals surface area contributed by atoms with Crippen molar-refractivity contribution >= 4 is 5.82 Å². The molecule has 0 saturated carbocycles. The maximum Gasteiger partial charge on any atom is 0.151 e. The standard InChI is InChI=1S/C19H25N3O2/c1-14-4-9-19(21-20-14)22-11-10-18(24-3)16(13-22)12-15-5-7-17(23-2)8-6-15/h4-9,16,18H,10-13H2,1-3H3/t16-,18+/m1/s1. The summed E-state index contributed by atoms with van der Waals surface area (Å²) in [6, 6.07) is 12.4. The Morgan fingerprint density at radius 1 is 1.08 bits per heavy atom. The molecular weight excluding hydrogens is 302 g/mol. The van der Waals surface area contributed by atoms with Gasteiger partial charge in [0.15, 0.2) is 5.82 Å². The second kappa shape index (κ2) is 7.62. The van der Waals surface area contributed by atoms with Crippen LogP contribution in [0.1, 0.15) is 17.7 Å². The van der Waals surface area contributed by atoms with Crippen molar-refractivity contribution in [2.45, 2.75) is 25.9 Å². The van der Waals surface area contributed by atoms with Gasteiger partial charge in [0, 0.05) is 26.1 Å². The Balaban J connectivity index is 1.71. The highest BCUT2D eigenvalue weighted by Gasteiger charge is 2.30. The number of hydrogen-bond donors (Lipinski definition) is 0. The van der Waals surface area contributed by atoms with E-state index in [4.69, 9.17) is 9.47 Å². The summed E-state index contributed by atoms with van der Waals surface area (Å²) >= 11 is 0. The third-order valence-corrected chi connectivity index (χ3v) is 4.73. The maximum atomic E-state index is 5.74. The van der Waals surface area contributed by atoms with Crippen LogP contribution in [0.3, 0.4) is 0 Å². The summed E-state index contributed by atoms with van der Waals surface area (Å²) < 4.78 is 11.0. The van der Waals surface area contributed by atoms with Gasteiger partial charge in [0.05, 0.1) is 18.9 Å². The van der Waals surface area contributed by atoms with E-state index in [2.05, 4.69) is 33.3 Å². The Morgan fingerprint density at radius 3 is 2.50 bits per heavy atom. The first-order chi connectivity index (χ1) is 11.7. The van der Waals surface area contributed by atoms with Crippen molar-refractivity contribution in [2.75, 3.05) is 32.2 Å². The van der Waals surface area contributed by atoms with Crippen LogP contribution in [0.5, 0.6) is 5.75 Å². The van der Waals surface area contributed by atoms with E-state index < -0.39 is 0 Å². The third-order valence-electron chi connectivity index (χ3n) is 4.73. The lowest BCUT2D eigenvalue weighted by molar-refractivity contribution is 0.0375. The number of aromatic nitrogens is 2. The van der Waals surface area contributed by atoms with E-state index in [9.17, 15) is 0 Å². The molecule has 1 aromatic carbocycles. The minimum Gasteiger partial charge on any atom is -0.497 e. The van der Waals surface area contributed by atoms with E-state index in [1.54, 1.807) is 7.11 Å². The zero-order chi connectivity index (χ0) is 16.9. The lowest BCUT2D eigenvalue weighted by Gasteiger charge is -2.38. The van der Waals surface area contributed by atoms with E-state index in [-0.39, 0.29) is 6.10 Å². The van der Waals surface area contributed by atoms with Crippen molar-refractivity contribution in [1.82, 2.24) is 10.2 Å². The van der Waals surface area contributed by atoms with Gasteiger partial charge in [0.25, 0.3) is 0 Å². The summed E-state index contributed by atoms with van der Waals surface area (Å²) in [5, 5.41) is 8.52. The number of methoxy groups -OCH3 is 2. The molecule has 1 aliphatic rings. The average molecular weight is 327 g/mol. The monoisotopic (exact) mass is 327 g/mol. The lowest BCUT2D eigenvalue weighted by atomic mass is 9.88. The molecule has 2 atom stereocenters. The van der Waals surface area contributed by atoms with Gasteiger partial charge in [0.1, 0.15) is 5.75 Å². The van der Waals surface area contributed by atoms with Crippen LogP contribution in [0.2, 0.25) is 0 Å². The molecule has 1 aromatic heterocycles. The van der Waals surface area contributed by atoms with Gasteiger partial charge in [-0.15, -0.1) is 5.10 Å². The quantitative estimate of drug-likeness (QED) is 0.845. The van der Waals surface area contributed by atoms with Crippen LogP contribution < -0.4 is 9.64 Å². The van der Waals surface area contributed by atoms with Crippen molar-refractivity contribution in [3.63, 3.8) is 0 Å². The summed E-state index contributed by atoms with van der Waals surface area (Å²) in [5.41, 5.74) is 2.25. The fourth-order valence-electron chi connectivity index (χ4n) is 3.35. The minimum atomic E-state index is 0.279. The Morgan fingerprint density at radius 2 is 1.88 bits per heavy atom. The SMILES string of the molecule is COc1ccc(C[C@@H]2CN(c3ccc(C)nn3)CC[C@@H]2OC)cc1. The van der Waals surface area contributed by atoms with Crippen molar-refractivity contribution in [3.8, 4) is 5.75 Å². The molecule has 3 rings (SSSR count). The molecule has 5 heteroatoms. The second-order valence-electron chi connectivity index (χ2n) is 6.35. The average Bonchev–Trinajstić information content (AvgIpc) is 2.63. The summed E-state index contributed by atoms with van der Waals surface area (Å²) in [7, 11) is 3.50. The van der Waals surface area contributed by atoms with E-state index in [0.717, 1.165) is 43.2 Å². The van der Waals surface area contributed by atoms with E-state index >= 15 is 0 Å². The largest absolute Gasteiger partial charge is 0.497 e. The molecule has 128 valence electrons. The number of hydrogen-bond acceptors (Lipinski definition) is 5. The molecule has 1 aliphatic heterocycles. The molecule has 0 unspecified atom stereocenters. The van der Waals surface area contributed by atoms with Crippen molar-refractivity contribution < 1.29 is 9.47 Å². The molecule has 0 amide bonds. The van der Waals surface area contributed by atoms with Gasteiger partial charge in [0.2, 0.25) is 0 Å². The molecule has 2 aromatic rings. The predicted molar refractivity (Wildman–Crippen MR) is 94.6 cm³/mol. The predicted octanol–water partition coefficient (Wildman–Crippen LogP) is 2.88. The van der Waals surface area contributed by atoms with Crippen LogP contribution in [-0.2, 0) is 11.2 Å². The lowest BCUT2D eigenvalue weighted by Crippen LogP contribution is -2.45. The molecular formula is C19H25N3O2. The van der Waals surface area contributed by atoms with Crippen LogP contribution >= 0.6 is 0 Å². The Kier molecular flexibility index (Phi) is 5.30. The molecule has 0 spiro atoms. The van der Waals surface area contributed by atoms with E-state index in [1.165, 1.54) is 5.56 Å². The highest BCUT2D eigenvalue weighted by Crippen LogP contribution is 2.27. The van der Waals surface area contributed by atoms with Crippen LogP contribution in [0, 0.1) is 12.8 Å².